The molecule has 29 heavy (non-hydrogen) atoms. The first kappa shape index (κ1) is 20.9. The highest BCUT2D eigenvalue weighted by molar-refractivity contribution is 6.31. The zero-order valence-electron chi connectivity index (χ0n) is 16.4. The number of halogens is 1. The van der Waals surface area contributed by atoms with Gasteiger partial charge in [-0.3, -0.25) is 4.90 Å². The SMILES string of the molecule is CCOC(=O)C1=C(CN(C)Cc2ccccc2)NC(=O)N[C@@H]1c1ccccc1Cl. The summed E-state index contributed by atoms with van der Waals surface area (Å²) < 4.78 is 5.29. The molecule has 1 heterocycles. The summed E-state index contributed by atoms with van der Waals surface area (Å²) in [6.45, 7) is 3.02. The molecule has 1 aliphatic rings. The van der Waals surface area contributed by atoms with Crippen molar-refractivity contribution in [2.24, 2.45) is 0 Å². The first-order valence-electron chi connectivity index (χ1n) is 9.44. The minimum Gasteiger partial charge on any atom is -0.463 e. The molecule has 0 spiro atoms. The fraction of sp³-hybridized carbons (Fsp3) is 0.273. The van der Waals surface area contributed by atoms with Crippen LogP contribution in [0.3, 0.4) is 0 Å². The summed E-state index contributed by atoms with van der Waals surface area (Å²) in [4.78, 5) is 27.2. The lowest BCUT2D eigenvalue weighted by Crippen LogP contribution is -2.48. The summed E-state index contributed by atoms with van der Waals surface area (Å²) >= 11 is 6.36. The molecule has 2 aromatic rings. The summed E-state index contributed by atoms with van der Waals surface area (Å²) in [6.07, 6.45) is 0. The maximum absolute atomic E-state index is 12.8. The van der Waals surface area contributed by atoms with Crippen LogP contribution in [0.4, 0.5) is 4.79 Å². The van der Waals surface area contributed by atoms with Crippen molar-refractivity contribution in [3.05, 3.63) is 82.0 Å². The van der Waals surface area contributed by atoms with Crippen molar-refractivity contribution < 1.29 is 14.3 Å². The molecule has 0 fully saturated rings. The first-order valence-corrected chi connectivity index (χ1v) is 9.82. The molecule has 3 rings (SSSR count). The number of hydrogen-bond acceptors (Lipinski definition) is 4. The van der Waals surface area contributed by atoms with Crippen molar-refractivity contribution in [3.63, 3.8) is 0 Å². The van der Waals surface area contributed by atoms with Gasteiger partial charge in [0.2, 0.25) is 0 Å². The van der Waals surface area contributed by atoms with Gasteiger partial charge < -0.3 is 15.4 Å². The molecule has 2 amide bonds. The number of ether oxygens (including phenoxy) is 1. The van der Waals surface area contributed by atoms with E-state index in [1.807, 2.05) is 48.3 Å². The zero-order chi connectivity index (χ0) is 20.8. The molecule has 7 heteroatoms. The van der Waals surface area contributed by atoms with Crippen LogP contribution >= 0.6 is 11.6 Å². The summed E-state index contributed by atoms with van der Waals surface area (Å²) in [6, 6.07) is 16.1. The van der Waals surface area contributed by atoms with E-state index in [-0.39, 0.29) is 12.6 Å². The fourth-order valence-electron chi connectivity index (χ4n) is 3.36. The van der Waals surface area contributed by atoms with Crippen LogP contribution in [-0.4, -0.2) is 37.1 Å². The van der Waals surface area contributed by atoms with Gasteiger partial charge in [-0.15, -0.1) is 0 Å². The van der Waals surface area contributed by atoms with Gasteiger partial charge in [0.15, 0.2) is 0 Å². The smallest absolute Gasteiger partial charge is 0.338 e. The second-order valence-electron chi connectivity index (χ2n) is 6.82. The van der Waals surface area contributed by atoms with E-state index >= 15 is 0 Å². The van der Waals surface area contributed by atoms with Gasteiger partial charge in [0, 0.05) is 23.8 Å². The van der Waals surface area contributed by atoms with Crippen molar-refractivity contribution in [1.29, 1.82) is 0 Å². The lowest BCUT2D eigenvalue weighted by molar-refractivity contribution is -0.139. The Balaban J connectivity index is 1.96. The molecule has 152 valence electrons. The van der Waals surface area contributed by atoms with Gasteiger partial charge in [-0.05, 0) is 31.2 Å². The van der Waals surface area contributed by atoms with E-state index in [0.717, 1.165) is 5.56 Å². The number of carbonyl (C=O) groups is 2. The van der Waals surface area contributed by atoms with Crippen molar-refractivity contribution in [1.82, 2.24) is 15.5 Å². The van der Waals surface area contributed by atoms with Gasteiger partial charge in [0.1, 0.15) is 0 Å². The van der Waals surface area contributed by atoms with Crippen molar-refractivity contribution >= 4 is 23.6 Å². The highest BCUT2D eigenvalue weighted by Gasteiger charge is 2.34. The van der Waals surface area contributed by atoms with E-state index in [1.54, 1.807) is 25.1 Å². The quantitative estimate of drug-likeness (QED) is 0.680. The monoisotopic (exact) mass is 413 g/mol. The lowest BCUT2D eigenvalue weighted by atomic mass is 9.95. The van der Waals surface area contributed by atoms with Gasteiger partial charge in [-0.25, -0.2) is 9.59 Å². The van der Waals surface area contributed by atoms with Crippen LogP contribution in [0.5, 0.6) is 0 Å². The molecule has 0 saturated heterocycles. The van der Waals surface area contributed by atoms with Crippen LogP contribution in [0.15, 0.2) is 65.9 Å². The first-order chi connectivity index (χ1) is 14.0. The summed E-state index contributed by atoms with van der Waals surface area (Å²) in [5, 5.41) is 6.06. The topological polar surface area (TPSA) is 70.7 Å². The van der Waals surface area contributed by atoms with E-state index in [0.29, 0.717) is 34.9 Å². The standard InChI is InChI=1S/C22H24ClN3O3/c1-3-29-21(27)19-18(14-26(2)13-15-9-5-4-6-10-15)24-22(28)25-20(19)16-11-7-8-12-17(16)23/h4-12,20H,3,13-14H2,1-2H3,(H2,24,25,28)/t20-/m1/s1. The van der Waals surface area contributed by atoms with Crippen LogP contribution < -0.4 is 10.6 Å². The molecule has 6 nitrogen and oxygen atoms in total. The van der Waals surface area contributed by atoms with Crippen LogP contribution in [0.1, 0.15) is 24.1 Å². The summed E-state index contributed by atoms with van der Waals surface area (Å²) in [7, 11) is 1.93. The Labute approximate surface area is 175 Å². The van der Waals surface area contributed by atoms with E-state index in [9.17, 15) is 9.59 Å². The third-order valence-corrected chi connectivity index (χ3v) is 4.93. The molecular weight excluding hydrogens is 390 g/mol. The number of benzene rings is 2. The molecule has 0 radical (unpaired) electrons. The molecule has 2 aromatic carbocycles. The van der Waals surface area contributed by atoms with Crippen molar-refractivity contribution in [2.45, 2.75) is 19.5 Å². The molecule has 0 unspecified atom stereocenters. The largest absolute Gasteiger partial charge is 0.463 e. The van der Waals surface area contributed by atoms with Crippen molar-refractivity contribution in [3.8, 4) is 0 Å². The van der Waals surface area contributed by atoms with Crippen LogP contribution in [0.25, 0.3) is 0 Å². The number of nitrogens with zero attached hydrogens (tertiary/aromatic N) is 1. The van der Waals surface area contributed by atoms with Crippen LogP contribution in [0, 0.1) is 0 Å². The third kappa shape index (κ3) is 5.16. The Morgan fingerprint density at radius 1 is 1.10 bits per heavy atom. The molecule has 0 aliphatic carbocycles. The molecule has 1 aliphatic heterocycles. The number of amides is 2. The minimum atomic E-state index is -0.684. The number of esters is 1. The number of carbonyl (C=O) groups excluding carboxylic acids is 2. The van der Waals surface area contributed by atoms with Crippen LogP contribution in [-0.2, 0) is 16.1 Å². The highest BCUT2D eigenvalue weighted by Crippen LogP contribution is 2.32. The number of nitrogens with one attached hydrogen (secondary N) is 2. The van der Waals surface area contributed by atoms with Gasteiger partial charge in [-0.1, -0.05) is 60.1 Å². The predicted octanol–water partition coefficient (Wildman–Crippen LogP) is 3.64. The van der Waals surface area contributed by atoms with E-state index < -0.39 is 12.0 Å². The number of hydrogen-bond donors (Lipinski definition) is 2. The maximum Gasteiger partial charge on any atom is 0.338 e. The molecule has 0 bridgehead atoms. The Morgan fingerprint density at radius 3 is 2.48 bits per heavy atom. The molecule has 1 atom stereocenters. The van der Waals surface area contributed by atoms with Gasteiger partial charge in [0.25, 0.3) is 0 Å². The second-order valence-corrected chi connectivity index (χ2v) is 7.23. The summed E-state index contributed by atoms with van der Waals surface area (Å²) in [5.41, 5.74) is 2.65. The number of urea groups is 1. The second kappa shape index (κ2) is 9.58. The summed E-state index contributed by atoms with van der Waals surface area (Å²) in [5.74, 6) is -0.479. The maximum atomic E-state index is 12.8. The molecule has 0 saturated carbocycles. The fourth-order valence-corrected chi connectivity index (χ4v) is 3.60. The van der Waals surface area contributed by atoms with Gasteiger partial charge in [-0.2, -0.15) is 0 Å². The minimum absolute atomic E-state index is 0.235. The Bertz CT molecular complexity index is 915. The average molecular weight is 414 g/mol. The normalized spacial score (nSPS) is 16.4. The third-order valence-electron chi connectivity index (χ3n) is 4.59. The molecular formula is C22H24ClN3O3. The number of likely N-dealkylation sites (N-methyl/N-ethyl adjacent to an activating group) is 1. The Kier molecular flexibility index (Phi) is 6.90. The molecule has 0 aromatic heterocycles. The van der Waals surface area contributed by atoms with E-state index in [1.165, 1.54) is 0 Å². The van der Waals surface area contributed by atoms with E-state index in [4.69, 9.17) is 16.3 Å². The zero-order valence-corrected chi connectivity index (χ0v) is 17.2. The van der Waals surface area contributed by atoms with Crippen molar-refractivity contribution in [2.75, 3.05) is 20.2 Å². The Hall–Kier alpha value is -2.83. The van der Waals surface area contributed by atoms with Gasteiger partial charge >= 0.3 is 12.0 Å². The highest BCUT2D eigenvalue weighted by atomic mass is 35.5. The number of rotatable bonds is 7. The predicted molar refractivity (Wildman–Crippen MR) is 112 cm³/mol. The van der Waals surface area contributed by atoms with Gasteiger partial charge in [0.05, 0.1) is 18.2 Å². The average Bonchev–Trinajstić information content (AvgIpc) is 2.68. The lowest BCUT2D eigenvalue weighted by Gasteiger charge is -2.31. The van der Waals surface area contributed by atoms with E-state index in [2.05, 4.69) is 10.6 Å². The Morgan fingerprint density at radius 2 is 1.79 bits per heavy atom. The molecule has 2 N–H and O–H groups in total. The van der Waals surface area contributed by atoms with Crippen LogP contribution in [0.2, 0.25) is 5.02 Å².